The molecule has 2 aromatic rings. The van der Waals surface area contributed by atoms with Crippen molar-refractivity contribution in [3.05, 3.63) is 51.5 Å². The first kappa shape index (κ1) is 18.3. The Bertz CT molecular complexity index is 976. The van der Waals surface area contributed by atoms with Crippen LogP contribution < -0.4 is 9.86 Å². The number of nitrogens with one attached hydrogen (secondary N) is 1. The molecule has 0 fully saturated rings. The van der Waals surface area contributed by atoms with E-state index in [0.29, 0.717) is 0 Å². The largest absolute Gasteiger partial charge is 0.278 e. The lowest BCUT2D eigenvalue weighted by molar-refractivity contribution is 0.598. The summed E-state index contributed by atoms with van der Waals surface area (Å²) in [6.07, 6.45) is 0. The molecule has 11 heteroatoms. The summed E-state index contributed by atoms with van der Waals surface area (Å²) in [7, 11) is -8.39. The first-order valence-corrected chi connectivity index (χ1v) is 9.98. The second-order valence-electron chi connectivity index (χ2n) is 4.34. The molecule has 2 rings (SSSR count). The fourth-order valence-corrected chi connectivity index (χ4v) is 4.57. The maximum atomic E-state index is 12.4. The van der Waals surface area contributed by atoms with E-state index in [9.17, 15) is 16.8 Å². The van der Waals surface area contributed by atoms with Gasteiger partial charge in [0.25, 0.3) is 10.0 Å². The van der Waals surface area contributed by atoms with E-state index in [2.05, 4.69) is 4.72 Å². The smallest absolute Gasteiger partial charge is 0.263 e. The van der Waals surface area contributed by atoms with Crippen LogP contribution >= 0.6 is 34.8 Å². The van der Waals surface area contributed by atoms with Gasteiger partial charge < -0.3 is 0 Å². The van der Waals surface area contributed by atoms with Gasteiger partial charge in [-0.15, -0.1) is 0 Å². The first-order chi connectivity index (χ1) is 10.5. The molecule has 0 aliphatic carbocycles. The van der Waals surface area contributed by atoms with Crippen LogP contribution in [-0.2, 0) is 20.0 Å². The van der Waals surface area contributed by atoms with Gasteiger partial charge in [0.2, 0.25) is 10.0 Å². The van der Waals surface area contributed by atoms with E-state index >= 15 is 0 Å². The van der Waals surface area contributed by atoms with E-state index in [4.69, 9.17) is 39.9 Å². The summed E-state index contributed by atoms with van der Waals surface area (Å²) in [6, 6.07) is 7.56. The molecule has 0 bridgehead atoms. The number of hydrogen-bond donors (Lipinski definition) is 2. The Kier molecular flexibility index (Phi) is 5.15. The predicted molar refractivity (Wildman–Crippen MR) is 90.1 cm³/mol. The van der Waals surface area contributed by atoms with Crippen molar-refractivity contribution in [2.45, 2.75) is 9.79 Å². The maximum Gasteiger partial charge on any atom is 0.263 e. The molecule has 6 nitrogen and oxygen atoms in total. The molecule has 0 spiro atoms. The fraction of sp³-hybridized carbons (Fsp3) is 0. The molecule has 2 aromatic carbocycles. The summed E-state index contributed by atoms with van der Waals surface area (Å²) in [5.41, 5.74) is -0.257. The number of anilines is 1. The summed E-state index contributed by atoms with van der Waals surface area (Å²) in [5.74, 6) is 0. The molecular weight excluding hydrogens is 407 g/mol. The van der Waals surface area contributed by atoms with E-state index in [1.165, 1.54) is 30.3 Å². The van der Waals surface area contributed by atoms with Crippen LogP contribution in [0.1, 0.15) is 0 Å². The van der Waals surface area contributed by atoms with Crippen LogP contribution in [0.2, 0.25) is 15.1 Å². The number of benzene rings is 2. The van der Waals surface area contributed by atoms with Gasteiger partial charge in [0, 0.05) is 5.02 Å². The first-order valence-electron chi connectivity index (χ1n) is 5.81. The SMILES string of the molecule is NS(=O)(=O)c1cc(Cl)ccc1NS(=O)(=O)c1cccc(Cl)c1Cl. The second kappa shape index (κ2) is 6.46. The van der Waals surface area contributed by atoms with Crippen molar-refractivity contribution in [1.82, 2.24) is 0 Å². The summed E-state index contributed by atoms with van der Waals surface area (Å²) in [5, 5.41) is 5.00. The second-order valence-corrected chi connectivity index (χ2v) is 8.75. The van der Waals surface area contributed by atoms with Crippen LogP contribution in [0, 0.1) is 0 Å². The summed E-state index contributed by atoms with van der Waals surface area (Å²) in [6.45, 7) is 0. The third-order valence-electron chi connectivity index (χ3n) is 2.70. The third-order valence-corrected chi connectivity index (χ3v) is 6.22. The van der Waals surface area contributed by atoms with Crippen molar-refractivity contribution < 1.29 is 16.8 Å². The van der Waals surface area contributed by atoms with Gasteiger partial charge in [0.1, 0.15) is 9.79 Å². The summed E-state index contributed by atoms with van der Waals surface area (Å²) < 4.78 is 50.1. The van der Waals surface area contributed by atoms with Gasteiger partial charge >= 0.3 is 0 Å². The van der Waals surface area contributed by atoms with Crippen molar-refractivity contribution >= 4 is 60.5 Å². The van der Waals surface area contributed by atoms with Crippen LogP contribution in [0.4, 0.5) is 5.69 Å². The van der Waals surface area contributed by atoms with Crippen LogP contribution in [0.5, 0.6) is 0 Å². The Hall–Kier alpha value is -1.03. The number of halogens is 3. The van der Waals surface area contributed by atoms with Gasteiger partial charge in [-0.05, 0) is 30.3 Å². The Morgan fingerprint density at radius 1 is 0.913 bits per heavy atom. The zero-order valence-electron chi connectivity index (χ0n) is 11.1. The Balaban J connectivity index is 2.57. The zero-order chi connectivity index (χ0) is 17.4. The Morgan fingerprint density at radius 3 is 2.17 bits per heavy atom. The molecule has 124 valence electrons. The van der Waals surface area contributed by atoms with E-state index in [1.54, 1.807) is 0 Å². The minimum Gasteiger partial charge on any atom is -0.278 e. The molecule has 0 aliphatic heterocycles. The highest BCUT2D eigenvalue weighted by Gasteiger charge is 2.23. The van der Waals surface area contributed by atoms with E-state index in [1.807, 2.05) is 0 Å². The van der Waals surface area contributed by atoms with Gasteiger partial charge in [-0.25, -0.2) is 22.0 Å². The van der Waals surface area contributed by atoms with E-state index in [-0.39, 0.29) is 25.7 Å². The number of nitrogens with two attached hydrogens (primary N) is 1. The van der Waals surface area contributed by atoms with Crippen molar-refractivity contribution in [2.75, 3.05) is 4.72 Å². The maximum absolute atomic E-state index is 12.4. The van der Waals surface area contributed by atoms with Crippen molar-refractivity contribution in [3.8, 4) is 0 Å². The fourth-order valence-electron chi connectivity index (χ4n) is 1.71. The van der Waals surface area contributed by atoms with Crippen molar-refractivity contribution in [3.63, 3.8) is 0 Å². The number of hydrogen-bond acceptors (Lipinski definition) is 4. The van der Waals surface area contributed by atoms with E-state index in [0.717, 1.165) is 6.07 Å². The molecule has 0 heterocycles. The molecule has 23 heavy (non-hydrogen) atoms. The topological polar surface area (TPSA) is 106 Å². The highest BCUT2D eigenvalue weighted by Crippen LogP contribution is 2.32. The van der Waals surface area contributed by atoms with Gasteiger partial charge in [-0.2, -0.15) is 0 Å². The summed E-state index contributed by atoms with van der Waals surface area (Å²) >= 11 is 17.4. The van der Waals surface area contributed by atoms with Crippen molar-refractivity contribution in [1.29, 1.82) is 0 Å². The quantitative estimate of drug-likeness (QED) is 0.800. The van der Waals surface area contributed by atoms with Crippen LogP contribution in [0.3, 0.4) is 0 Å². The molecule has 0 aliphatic rings. The average Bonchev–Trinajstić information content (AvgIpc) is 2.42. The molecule has 0 saturated heterocycles. The lowest BCUT2D eigenvalue weighted by atomic mass is 10.3. The summed E-state index contributed by atoms with van der Waals surface area (Å²) in [4.78, 5) is -0.770. The molecule has 0 atom stereocenters. The average molecular weight is 416 g/mol. The predicted octanol–water partition coefficient (Wildman–Crippen LogP) is 3.10. The highest BCUT2D eigenvalue weighted by atomic mass is 35.5. The van der Waals surface area contributed by atoms with Crippen molar-refractivity contribution in [2.24, 2.45) is 5.14 Å². The van der Waals surface area contributed by atoms with E-state index < -0.39 is 24.9 Å². The van der Waals surface area contributed by atoms with Crippen LogP contribution in [-0.4, -0.2) is 16.8 Å². The standard InChI is InChI=1S/C12H9Cl3N2O4S2/c13-7-4-5-9(11(6-7)22(16,18)19)17-23(20,21)10-3-1-2-8(14)12(10)15/h1-6,17H,(H2,16,18,19). The Morgan fingerprint density at radius 2 is 1.57 bits per heavy atom. The molecule has 0 radical (unpaired) electrons. The molecular formula is C12H9Cl3N2O4S2. The molecule has 3 N–H and O–H groups in total. The molecule has 0 unspecified atom stereocenters. The molecule has 0 aromatic heterocycles. The third kappa shape index (κ3) is 4.09. The van der Waals surface area contributed by atoms with Gasteiger partial charge in [0.15, 0.2) is 0 Å². The van der Waals surface area contributed by atoms with Gasteiger partial charge in [-0.3, -0.25) is 4.72 Å². The number of rotatable bonds is 4. The van der Waals surface area contributed by atoms with Crippen LogP contribution in [0.25, 0.3) is 0 Å². The normalized spacial score (nSPS) is 12.2. The Labute approximate surface area is 148 Å². The molecule has 0 saturated carbocycles. The zero-order valence-corrected chi connectivity index (χ0v) is 15.0. The van der Waals surface area contributed by atoms with Gasteiger partial charge in [-0.1, -0.05) is 40.9 Å². The van der Waals surface area contributed by atoms with Gasteiger partial charge in [0.05, 0.1) is 15.7 Å². The minimum atomic E-state index is -4.20. The molecule has 0 amide bonds. The lowest BCUT2D eigenvalue weighted by Gasteiger charge is -2.13. The van der Waals surface area contributed by atoms with Crippen LogP contribution in [0.15, 0.2) is 46.2 Å². The number of sulfonamides is 2. The number of primary sulfonamides is 1. The lowest BCUT2D eigenvalue weighted by Crippen LogP contribution is -2.19. The highest BCUT2D eigenvalue weighted by molar-refractivity contribution is 7.93. The monoisotopic (exact) mass is 414 g/mol. The minimum absolute atomic E-state index is 0.0392.